The van der Waals surface area contributed by atoms with E-state index >= 15 is 0 Å². The third-order valence-electron chi connectivity index (χ3n) is 14.9. The van der Waals surface area contributed by atoms with E-state index in [1.54, 1.807) is 0 Å². The minimum atomic E-state index is -1.13. The van der Waals surface area contributed by atoms with Crippen LogP contribution in [0.15, 0.2) is 67.4 Å². The van der Waals surface area contributed by atoms with Crippen LogP contribution in [-0.4, -0.2) is 142 Å². The van der Waals surface area contributed by atoms with Crippen molar-refractivity contribution in [2.75, 3.05) is 93.6 Å². The van der Waals surface area contributed by atoms with Gasteiger partial charge in [0.15, 0.2) is 0 Å². The van der Waals surface area contributed by atoms with E-state index in [9.17, 15) is 39.3 Å². The van der Waals surface area contributed by atoms with Gasteiger partial charge in [-0.15, -0.1) is 0 Å². The molecule has 0 saturated carbocycles. The molecule has 0 atom stereocenters. The maximum Gasteiger partial charge on any atom is 0.349 e. The zero-order chi connectivity index (χ0) is 57.7. The number of ether oxygens (including phenoxy) is 3. The summed E-state index contributed by atoms with van der Waals surface area (Å²) < 4.78 is 17.8. The average molecular weight is 1190 g/mol. The Bertz CT molecular complexity index is 2430. The Hall–Kier alpha value is -4.17. The molecule has 0 spiro atoms. The summed E-state index contributed by atoms with van der Waals surface area (Å²) in [6.45, 7) is 23.2. The van der Waals surface area contributed by atoms with Crippen LogP contribution in [0.2, 0.25) is 0 Å². The van der Waals surface area contributed by atoms with E-state index in [4.69, 9.17) is 20.8 Å². The van der Waals surface area contributed by atoms with Crippen LogP contribution in [0.4, 0.5) is 0 Å². The highest BCUT2D eigenvalue weighted by Gasteiger charge is 2.43. The molecule has 6 aliphatic rings. The molecule has 0 aromatic carbocycles. The molecule has 0 bridgehead atoms. The van der Waals surface area contributed by atoms with Crippen LogP contribution in [0.5, 0.6) is 0 Å². The molecule has 15 nitrogen and oxygen atoms in total. The minimum Gasteiger partial charge on any atom is -0.470 e. The van der Waals surface area contributed by atoms with Crippen LogP contribution in [0.3, 0.4) is 0 Å². The Kier molecular flexibility index (Phi) is 23.6. The van der Waals surface area contributed by atoms with Crippen molar-refractivity contribution in [2.45, 2.75) is 119 Å². The van der Waals surface area contributed by atoms with Gasteiger partial charge in [-0.1, -0.05) is 76.8 Å². The highest BCUT2D eigenvalue weighted by Crippen LogP contribution is 2.49. The fourth-order valence-electron chi connectivity index (χ4n) is 11.4. The second-order valence-corrected chi connectivity index (χ2v) is 27.8. The number of nitriles is 2. The number of hydrogen-bond acceptors (Lipinski definition) is 20. The Labute approximate surface area is 496 Å². The van der Waals surface area contributed by atoms with Crippen molar-refractivity contribution in [3.8, 4) is 12.1 Å². The Morgan fingerprint density at radius 3 is 1.10 bits per heavy atom. The number of thioether (sulfide) groups is 3. The van der Waals surface area contributed by atoms with Gasteiger partial charge in [0.1, 0.15) is 36.5 Å². The number of rotatable bonds is 21. The zero-order valence-electron chi connectivity index (χ0n) is 46.6. The predicted octanol–water partition coefficient (Wildman–Crippen LogP) is 10.1. The van der Waals surface area contributed by atoms with Gasteiger partial charge < -0.3 is 28.9 Å². The molecular weight excluding hydrogens is 1120 g/mol. The second kappa shape index (κ2) is 29.2. The summed E-state index contributed by atoms with van der Waals surface area (Å²) in [5.74, 6) is -1.69. The SMILES string of the molecule is [C-]#[N+]/C(C(=O)OCC(COC(=O)/C(C#N)=C1\CC(C)(C)CC(N2CCCC2)=C1C(=O)SCCS)COC(=O)/C(C#N)=C1\CC(C)(C)CC(N2CCCC2)=C1C(=O)SCCS)=C1/CC(C)(C)CC(N2CCCC2)=C1C(=O)SCCS. The van der Waals surface area contributed by atoms with Crippen molar-refractivity contribution in [3.63, 3.8) is 0 Å². The largest absolute Gasteiger partial charge is 0.470 e. The van der Waals surface area contributed by atoms with Crippen LogP contribution >= 0.6 is 73.2 Å². The molecule has 79 heavy (non-hydrogen) atoms. The number of esters is 3. The van der Waals surface area contributed by atoms with Crippen LogP contribution in [-0.2, 0) is 43.0 Å². The van der Waals surface area contributed by atoms with Gasteiger partial charge in [-0.3, -0.25) is 19.2 Å². The molecule has 428 valence electrons. The van der Waals surface area contributed by atoms with E-state index < -0.39 is 59.9 Å². The first kappa shape index (κ1) is 64.0. The van der Waals surface area contributed by atoms with Crippen molar-refractivity contribution in [1.82, 2.24) is 14.7 Å². The van der Waals surface area contributed by atoms with Gasteiger partial charge in [-0.05, 0) is 127 Å². The standard InChI is InChI=1S/C58H76N6O9S6/c1-56(2)26-38(46(53(68)77-23-20-74)43(29-56)62-14-8-9-15-62)41(32-59)50(65)71-34-37(35-72-51(66)42(33-60)39-27-57(3,4)30-44(63-16-10-11-17-63)47(39)54(69)78-24-21-75)36-73-52(67)49(61-7)40-28-58(5,6)31-45(64-18-12-13-19-64)48(40)55(70)79-25-22-76/h37,74-76H,8-31,34-36H2,1-6H3/b41-38+,42-39+,49-40-. The Morgan fingerprint density at radius 2 is 0.810 bits per heavy atom. The zero-order valence-corrected chi connectivity index (χ0v) is 51.7. The molecule has 0 amide bonds. The van der Waals surface area contributed by atoms with E-state index in [0.717, 1.165) is 130 Å². The van der Waals surface area contributed by atoms with E-state index in [-0.39, 0.29) is 68.2 Å². The monoisotopic (exact) mass is 1190 g/mol. The lowest BCUT2D eigenvalue weighted by Gasteiger charge is -2.39. The molecule has 6 rings (SSSR count). The predicted molar refractivity (Wildman–Crippen MR) is 322 cm³/mol. The quantitative estimate of drug-likeness (QED) is 0.0245. The number of thiol groups is 3. The van der Waals surface area contributed by atoms with E-state index in [0.29, 0.717) is 70.5 Å². The topological polar surface area (TPSA) is 192 Å². The Balaban J connectivity index is 1.39. The van der Waals surface area contributed by atoms with E-state index in [2.05, 4.69) is 69.6 Å². The molecule has 3 aliphatic carbocycles. The number of nitrogens with zero attached hydrogens (tertiary/aromatic N) is 6. The Morgan fingerprint density at radius 1 is 0.519 bits per heavy atom. The van der Waals surface area contributed by atoms with E-state index in [1.165, 1.54) is 0 Å². The summed E-state index contributed by atoms with van der Waals surface area (Å²) in [5, 5.41) is 20.8. The highest BCUT2D eigenvalue weighted by molar-refractivity contribution is 8.15. The maximum atomic E-state index is 14.5. The smallest absolute Gasteiger partial charge is 0.349 e. The third kappa shape index (κ3) is 16.5. The molecule has 0 radical (unpaired) electrons. The average Bonchev–Trinajstić information content (AvgIpc) is 4.34. The molecule has 0 unspecified atom stereocenters. The van der Waals surface area contributed by atoms with Crippen molar-refractivity contribution in [3.05, 3.63) is 78.8 Å². The third-order valence-corrected chi connectivity index (χ3v) is 19.1. The summed E-state index contributed by atoms with van der Waals surface area (Å²) >= 11 is 16.2. The highest BCUT2D eigenvalue weighted by atomic mass is 32.2. The second-order valence-electron chi connectivity index (χ2n) is 23.2. The van der Waals surface area contributed by atoms with Crippen LogP contribution in [0.1, 0.15) is 119 Å². The van der Waals surface area contributed by atoms with Crippen molar-refractivity contribution in [1.29, 1.82) is 10.5 Å². The first-order valence-corrected chi connectivity index (χ1v) is 32.2. The fraction of sp³-hybridized carbons (Fsp3) is 0.638. The number of likely N-dealkylation sites (tertiary alicyclic amines) is 3. The molecule has 3 saturated heterocycles. The lowest BCUT2D eigenvalue weighted by atomic mass is 9.72. The number of allylic oxidation sites excluding steroid dienone is 6. The molecule has 3 aliphatic heterocycles. The van der Waals surface area contributed by atoms with Crippen molar-refractivity contribution < 1.29 is 43.0 Å². The summed E-state index contributed by atoms with van der Waals surface area (Å²) in [5.41, 5.74) is 1.76. The molecule has 0 aromatic rings. The van der Waals surface area contributed by atoms with Crippen LogP contribution < -0.4 is 0 Å². The minimum absolute atomic E-state index is 0.230. The van der Waals surface area contributed by atoms with Gasteiger partial charge in [-0.25, -0.2) is 14.4 Å². The van der Waals surface area contributed by atoms with Gasteiger partial charge in [0.2, 0.25) is 15.3 Å². The lowest BCUT2D eigenvalue weighted by molar-refractivity contribution is -0.148. The first-order chi connectivity index (χ1) is 37.6. The lowest BCUT2D eigenvalue weighted by Crippen LogP contribution is -2.33. The molecule has 0 aromatic heterocycles. The van der Waals surface area contributed by atoms with Crippen molar-refractivity contribution in [2.24, 2.45) is 22.2 Å². The molecule has 3 heterocycles. The summed E-state index contributed by atoms with van der Waals surface area (Å²) in [7, 11) is 0. The summed E-state index contributed by atoms with van der Waals surface area (Å²) in [6, 6.07) is 4.11. The summed E-state index contributed by atoms with van der Waals surface area (Å²) in [4.78, 5) is 96.0. The maximum absolute atomic E-state index is 14.5. The van der Waals surface area contributed by atoms with Gasteiger partial charge in [0.25, 0.3) is 5.70 Å². The molecule has 0 N–H and O–H groups in total. The summed E-state index contributed by atoms with van der Waals surface area (Å²) in [6.07, 6.45) is 8.00. The normalized spacial score (nSPS) is 21.8. The number of carbonyl (C=O) groups is 6. The number of hydrogen-bond donors (Lipinski definition) is 3. The van der Waals surface area contributed by atoms with E-state index in [1.807, 2.05) is 41.5 Å². The van der Waals surface area contributed by atoms with Crippen molar-refractivity contribution >= 4 is 106 Å². The fourth-order valence-corrected chi connectivity index (χ4v) is 14.2. The van der Waals surface area contributed by atoms with Gasteiger partial charge in [0, 0.05) is 79.2 Å². The molecule has 3 fully saturated rings. The molecule has 21 heteroatoms. The van der Waals surface area contributed by atoms with Gasteiger partial charge in [0.05, 0.1) is 30.2 Å². The van der Waals surface area contributed by atoms with Crippen LogP contribution in [0.25, 0.3) is 4.85 Å². The first-order valence-electron chi connectivity index (χ1n) is 27.3. The van der Waals surface area contributed by atoms with Gasteiger partial charge in [-0.2, -0.15) is 48.4 Å². The van der Waals surface area contributed by atoms with Crippen LogP contribution in [0, 0.1) is 51.4 Å². The number of carbonyl (C=O) groups excluding carboxylic acids is 6. The molecular formula is C58H76N6O9S6. The van der Waals surface area contributed by atoms with Gasteiger partial charge >= 0.3 is 17.9 Å².